The van der Waals surface area contributed by atoms with Gasteiger partial charge in [-0.15, -0.1) is 11.3 Å². The van der Waals surface area contributed by atoms with Crippen LogP contribution in [0.15, 0.2) is 41.8 Å². The van der Waals surface area contributed by atoms with Gasteiger partial charge in [-0.05, 0) is 43.5 Å². The molecule has 2 amide bonds. The molecule has 3 rings (SSSR count). The van der Waals surface area contributed by atoms with Gasteiger partial charge in [0.05, 0.1) is 6.04 Å². The van der Waals surface area contributed by atoms with Crippen molar-refractivity contribution in [3.8, 4) is 0 Å². The number of hydrogen-bond donors (Lipinski definition) is 2. The molecule has 1 saturated heterocycles. The Labute approximate surface area is 152 Å². The van der Waals surface area contributed by atoms with Crippen LogP contribution in [0.1, 0.15) is 35.5 Å². The van der Waals surface area contributed by atoms with Crippen LogP contribution >= 0.6 is 11.3 Å². The van der Waals surface area contributed by atoms with E-state index in [4.69, 9.17) is 0 Å². The van der Waals surface area contributed by atoms with Crippen molar-refractivity contribution in [3.05, 3.63) is 52.2 Å². The molecule has 132 valence electrons. The summed E-state index contributed by atoms with van der Waals surface area (Å²) in [6.07, 6.45) is 0.375. The van der Waals surface area contributed by atoms with Crippen molar-refractivity contribution >= 4 is 28.8 Å². The van der Waals surface area contributed by atoms with Gasteiger partial charge in [0.25, 0.3) is 5.91 Å². The van der Waals surface area contributed by atoms with E-state index in [0.717, 1.165) is 12.2 Å². The highest BCUT2D eigenvalue weighted by molar-refractivity contribution is 7.09. The number of rotatable bonds is 6. The molecule has 1 aromatic heterocycles. The predicted octanol–water partition coefficient (Wildman–Crippen LogP) is 3.10. The number of benzene rings is 1. The molecule has 1 aliphatic heterocycles. The molecule has 1 atom stereocenters. The second-order valence-corrected chi connectivity index (χ2v) is 7.56. The number of nitrogens with zero attached hydrogens (tertiary/aromatic N) is 1. The summed E-state index contributed by atoms with van der Waals surface area (Å²) in [7, 11) is 0. The van der Waals surface area contributed by atoms with Crippen LogP contribution in [-0.4, -0.2) is 35.3 Å². The average Bonchev–Trinajstić information content (AvgIpc) is 3.23. The van der Waals surface area contributed by atoms with Gasteiger partial charge in [-0.25, -0.2) is 0 Å². The minimum atomic E-state index is -0.136. The monoisotopic (exact) mass is 357 g/mol. The van der Waals surface area contributed by atoms with Gasteiger partial charge in [0.2, 0.25) is 5.91 Å². The van der Waals surface area contributed by atoms with Gasteiger partial charge in [-0.1, -0.05) is 12.1 Å². The van der Waals surface area contributed by atoms with E-state index in [-0.39, 0.29) is 23.9 Å². The molecule has 1 aromatic carbocycles. The zero-order valence-electron chi connectivity index (χ0n) is 14.5. The number of hydrogen-bond acceptors (Lipinski definition) is 4. The first-order valence-electron chi connectivity index (χ1n) is 8.49. The Balaban J connectivity index is 1.59. The zero-order valence-corrected chi connectivity index (χ0v) is 15.3. The minimum Gasteiger partial charge on any atom is -0.380 e. The van der Waals surface area contributed by atoms with Crippen molar-refractivity contribution in [1.29, 1.82) is 0 Å². The SMILES string of the molecule is CC(C)N1C[C@@H](NC(=O)c2cccc(NCc3cccs3)c2)CC1=O. The summed E-state index contributed by atoms with van der Waals surface area (Å²) in [4.78, 5) is 27.5. The maximum atomic E-state index is 12.5. The lowest BCUT2D eigenvalue weighted by Gasteiger charge is -2.21. The normalized spacial score (nSPS) is 17.2. The Morgan fingerprint density at radius 3 is 2.84 bits per heavy atom. The van der Waals surface area contributed by atoms with E-state index in [1.54, 1.807) is 17.4 Å². The molecular formula is C19H23N3O2S. The lowest BCUT2D eigenvalue weighted by Crippen LogP contribution is -2.38. The number of carbonyl (C=O) groups excluding carboxylic acids is 2. The number of anilines is 1. The highest BCUT2D eigenvalue weighted by Crippen LogP contribution is 2.17. The van der Waals surface area contributed by atoms with Gasteiger partial charge < -0.3 is 15.5 Å². The van der Waals surface area contributed by atoms with Crippen molar-refractivity contribution in [2.75, 3.05) is 11.9 Å². The average molecular weight is 357 g/mol. The Morgan fingerprint density at radius 1 is 1.32 bits per heavy atom. The standard InChI is InChI=1S/C19H23N3O2S/c1-13(2)22-12-16(10-18(22)23)21-19(24)14-5-3-6-15(9-14)20-11-17-7-4-8-25-17/h3-9,13,16,20H,10-12H2,1-2H3,(H,21,24)/t16-/m0/s1. The van der Waals surface area contributed by atoms with Crippen LogP contribution in [0.5, 0.6) is 0 Å². The Kier molecular flexibility index (Phi) is 5.38. The van der Waals surface area contributed by atoms with Crippen LogP contribution in [0.2, 0.25) is 0 Å². The van der Waals surface area contributed by atoms with Crippen LogP contribution in [0, 0.1) is 0 Å². The first kappa shape index (κ1) is 17.5. The molecule has 25 heavy (non-hydrogen) atoms. The highest BCUT2D eigenvalue weighted by Gasteiger charge is 2.32. The van der Waals surface area contributed by atoms with Crippen molar-refractivity contribution in [2.24, 2.45) is 0 Å². The second-order valence-electron chi connectivity index (χ2n) is 6.53. The van der Waals surface area contributed by atoms with E-state index in [0.29, 0.717) is 18.5 Å². The minimum absolute atomic E-state index is 0.103. The van der Waals surface area contributed by atoms with E-state index >= 15 is 0 Å². The maximum Gasteiger partial charge on any atom is 0.251 e. The molecule has 2 heterocycles. The number of nitrogens with one attached hydrogen (secondary N) is 2. The summed E-state index contributed by atoms with van der Waals surface area (Å²) < 4.78 is 0. The third kappa shape index (κ3) is 4.39. The van der Waals surface area contributed by atoms with Crippen molar-refractivity contribution in [1.82, 2.24) is 10.2 Å². The van der Waals surface area contributed by atoms with Gasteiger partial charge in [0.15, 0.2) is 0 Å². The number of thiophene rings is 1. The van der Waals surface area contributed by atoms with Gasteiger partial charge in [-0.3, -0.25) is 9.59 Å². The van der Waals surface area contributed by atoms with Gasteiger partial charge in [-0.2, -0.15) is 0 Å². The van der Waals surface area contributed by atoms with Crippen LogP contribution in [0.4, 0.5) is 5.69 Å². The van der Waals surface area contributed by atoms with Gasteiger partial charge in [0, 0.05) is 41.7 Å². The van der Waals surface area contributed by atoms with Crippen LogP contribution in [-0.2, 0) is 11.3 Å². The van der Waals surface area contributed by atoms with Crippen molar-refractivity contribution in [2.45, 2.75) is 38.9 Å². The summed E-state index contributed by atoms with van der Waals surface area (Å²) in [5.74, 6) is -0.0326. The Hall–Kier alpha value is -2.34. The third-order valence-electron chi connectivity index (χ3n) is 4.29. The molecule has 0 spiro atoms. The number of carbonyl (C=O) groups is 2. The van der Waals surface area contributed by atoms with Gasteiger partial charge >= 0.3 is 0 Å². The lowest BCUT2D eigenvalue weighted by atomic mass is 10.1. The first-order valence-corrected chi connectivity index (χ1v) is 9.37. The van der Waals surface area contributed by atoms with Crippen molar-refractivity contribution in [3.63, 3.8) is 0 Å². The molecule has 0 radical (unpaired) electrons. The molecule has 1 fully saturated rings. The second kappa shape index (κ2) is 7.70. The fourth-order valence-corrected chi connectivity index (χ4v) is 3.61. The van der Waals surface area contributed by atoms with Crippen LogP contribution in [0.25, 0.3) is 0 Å². The summed E-state index contributed by atoms with van der Waals surface area (Å²) in [6, 6.07) is 11.6. The molecule has 0 saturated carbocycles. The summed E-state index contributed by atoms with van der Waals surface area (Å²) in [5.41, 5.74) is 1.51. The first-order chi connectivity index (χ1) is 12.0. The molecule has 2 aromatic rings. The van der Waals surface area contributed by atoms with Crippen LogP contribution in [0.3, 0.4) is 0 Å². The fraction of sp³-hybridized carbons (Fsp3) is 0.368. The number of amides is 2. The predicted molar refractivity (Wildman–Crippen MR) is 101 cm³/mol. The van der Waals surface area contributed by atoms with E-state index in [2.05, 4.69) is 16.7 Å². The van der Waals surface area contributed by atoms with E-state index in [1.807, 2.05) is 48.4 Å². The Morgan fingerprint density at radius 2 is 2.16 bits per heavy atom. The fourth-order valence-electron chi connectivity index (χ4n) is 2.97. The molecule has 1 aliphatic rings. The van der Waals surface area contributed by atoms with E-state index < -0.39 is 0 Å². The molecule has 0 aliphatic carbocycles. The topological polar surface area (TPSA) is 61.4 Å². The van der Waals surface area contributed by atoms with E-state index in [1.165, 1.54) is 4.88 Å². The smallest absolute Gasteiger partial charge is 0.251 e. The lowest BCUT2D eigenvalue weighted by molar-refractivity contribution is -0.129. The third-order valence-corrected chi connectivity index (χ3v) is 5.17. The molecule has 2 N–H and O–H groups in total. The Bertz CT molecular complexity index is 743. The summed E-state index contributed by atoms with van der Waals surface area (Å²) >= 11 is 1.70. The summed E-state index contributed by atoms with van der Waals surface area (Å²) in [5, 5.41) is 8.36. The number of likely N-dealkylation sites (tertiary alicyclic amines) is 1. The maximum absolute atomic E-state index is 12.5. The van der Waals surface area contributed by atoms with E-state index in [9.17, 15) is 9.59 Å². The highest BCUT2D eigenvalue weighted by atomic mass is 32.1. The molecule has 5 nitrogen and oxygen atoms in total. The quantitative estimate of drug-likeness (QED) is 0.835. The van der Waals surface area contributed by atoms with Gasteiger partial charge in [0.1, 0.15) is 0 Å². The largest absolute Gasteiger partial charge is 0.380 e. The molecular weight excluding hydrogens is 334 g/mol. The zero-order chi connectivity index (χ0) is 17.8. The van der Waals surface area contributed by atoms with Crippen LogP contribution < -0.4 is 10.6 Å². The molecule has 6 heteroatoms. The molecule has 0 unspecified atom stereocenters. The molecule has 0 bridgehead atoms. The summed E-state index contributed by atoms with van der Waals surface area (Å²) in [6.45, 7) is 5.30. The van der Waals surface area contributed by atoms with Crippen molar-refractivity contribution < 1.29 is 9.59 Å².